The second-order valence-electron chi connectivity index (χ2n) is 6.92. The van der Waals surface area contributed by atoms with E-state index in [1.54, 1.807) is 11.3 Å². The number of carbonyl (C=O) groups is 2. The number of aromatic nitrogens is 1. The zero-order valence-corrected chi connectivity index (χ0v) is 18.9. The van der Waals surface area contributed by atoms with Crippen LogP contribution in [0, 0.1) is 0 Å². The molecular formula is C24H21N3O3S2. The number of carbonyl (C=O) groups excluding carboxylic acids is 2. The maximum Gasteiger partial charge on any atom is 0.271 e. The Kier molecular flexibility index (Phi) is 6.94. The second-order valence-corrected chi connectivity index (χ2v) is 8.95. The van der Waals surface area contributed by atoms with Gasteiger partial charge in [-0.25, -0.2) is 4.98 Å². The number of thiazole rings is 1. The Balaban J connectivity index is 1.48. The van der Waals surface area contributed by atoms with Gasteiger partial charge in [-0.15, -0.1) is 22.7 Å². The van der Waals surface area contributed by atoms with Crippen LogP contribution in [0.2, 0.25) is 0 Å². The minimum atomic E-state index is -0.808. The summed E-state index contributed by atoms with van der Waals surface area (Å²) in [6, 6.07) is 22.6. The Bertz CT molecular complexity index is 1190. The number of hydrogen-bond acceptors (Lipinski definition) is 6. The second kappa shape index (κ2) is 10.2. The van der Waals surface area contributed by atoms with Crippen molar-refractivity contribution in [3.8, 4) is 16.3 Å². The van der Waals surface area contributed by atoms with E-state index < -0.39 is 6.10 Å². The monoisotopic (exact) mass is 463 g/mol. The van der Waals surface area contributed by atoms with Crippen molar-refractivity contribution >= 4 is 39.6 Å². The lowest BCUT2D eigenvalue weighted by Gasteiger charge is -2.18. The third-order valence-electron chi connectivity index (χ3n) is 4.50. The predicted octanol–water partition coefficient (Wildman–Crippen LogP) is 5.27. The molecule has 4 rings (SSSR count). The fourth-order valence-corrected chi connectivity index (χ4v) is 4.67. The summed E-state index contributed by atoms with van der Waals surface area (Å²) in [6.45, 7) is 1.98. The Hall–Kier alpha value is -3.49. The van der Waals surface area contributed by atoms with E-state index in [9.17, 15) is 9.59 Å². The summed E-state index contributed by atoms with van der Waals surface area (Å²) in [5.41, 5.74) is 1.54. The largest absolute Gasteiger partial charge is 0.476 e. The molecule has 2 aromatic carbocycles. The van der Waals surface area contributed by atoms with E-state index in [1.165, 1.54) is 18.3 Å². The van der Waals surface area contributed by atoms with Crippen LogP contribution in [-0.4, -0.2) is 16.8 Å². The van der Waals surface area contributed by atoms with Crippen molar-refractivity contribution in [3.63, 3.8) is 0 Å². The quantitative estimate of drug-likeness (QED) is 0.373. The predicted molar refractivity (Wildman–Crippen MR) is 128 cm³/mol. The molecule has 2 heterocycles. The van der Waals surface area contributed by atoms with Gasteiger partial charge < -0.3 is 10.1 Å². The highest BCUT2D eigenvalue weighted by Crippen LogP contribution is 2.31. The zero-order chi connectivity index (χ0) is 22.3. The molecule has 0 saturated carbocycles. The lowest BCUT2D eigenvalue weighted by Crippen LogP contribution is -2.25. The number of anilines is 1. The molecule has 6 nitrogen and oxygen atoms in total. The topological polar surface area (TPSA) is 80.3 Å². The fraction of sp³-hybridized carbons (Fsp3) is 0.125. The van der Waals surface area contributed by atoms with Crippen LogP contribution < -0.4 is 15.4 Å². The van der Waals surface area contributed by atoms with Gasteiger partial charge in [-0.2, -0.15) is 0 Å². The minimum Gasteiger partial charge on any atom is -0.476 e. The standard InChI is InChI=1S/C24H21N3O3S2/c1-16(28)25-14-19-12-13-21(32-19)20-15-31-24(26-20)27-23(29)22(17-8-4-2-5-9-17)30-18-10-6-3-7-11-18/h2-13,15,22H,14H2,1H3,(H,25,28)(H,26,27,29). The van der Waals surface area contributed by atoms with Gasteiger partial charge in [0, 0.05) is 22.7 Å². The molecule has 0 spiro atoms. The number of ether oxygens (including phenoxy) is 1. The molecule has 1 unspecified atom stereocenters. The number of para-hydroxylation sites is 1. The molecule has 0 aliphatic heterocycles. The molecule has 2 N–H and O–H groups in total. The summed E-state index contributed by atoms with van der Waals surface area (Å²) in [5, 5.41) is 8.08. The van der Waals surface area contributed by atoms with Gasteiger partial charge in [0.25, 0.3) is 5.91 Å². The first-order chi connectivity index (χ1) is 15.6. The maximum atomic E-state index is 13.1. The number of amides is 2. The van der Waals surface area contributed by atoms with Crippen molar-refractivity contribution in [1.29, 1.82) is 0 Å². The van der Waals surface area contributed by atoms with Gasteiger partial charge in [-0.1, -0.05) is 48.5 Å². The Labute approximate surface area is 193 Å². The molecule has 0 radical (unpaired) electrons. The van der Waals surface area contributed by atoms with Crippen LogP contribution in [0.25, 0.3) is 10.6 Å². The zero-order valence-electron chi connectivity index (χ0n) is 17.3. The Morgan fingerprint density at radius 3 is 2.44 bits per heavy atom. The van der Waals surface area contributed by atoms with E-state index in [4.69, 9.17) is 4.74 Å². The number of rotatable bonds is 8. The van der Waals surface area contributed by atoms with Gasteiger partial charge in [0.05, 0.1) is 17.1 Å². The first-order valence-electron chi connectivity index (χ1n) is 9.95. The molecule has 0 saturated heterocycles. The van der Waals surface area contributed by atoms with E-state index in [2.05, 4.69) is 15.6 Å². The molecule has 2 aromatic heterocycles. The third kappa shape index (κ3) is 5.60. The molecule has 1 atom stereocenters. The Morgan fingerprint density at radius 2 is 1.72 bits per heavy atom. The van der Waals surface area contributed by atoms with Gasteiger partial charge in [0.15, 0.2) is 5.13 Å². The van der Waals surface area contributed by atoms with Crippen molar-refractivity contribution in [3.05, 3.63) is 88.6 Å². The van der Waals surface area contributed by atoms with E-state index in [1.807, 2.05) is 78.2 Å². The normalized spacial score (nSPS) is 11.5. The average molecular weight is 464 g/mol. The molecule has 0 aliphatic carbocycles. The SMILES string of the molecule is CC(=O)NCc1ccc(-c2csc(NC(=O)C(Oc3ccccc3)c3ccccc3)n2)s1. The maximum absolute atomic E-state index is 13.1. The van der Waals surface area contributed by atoms with Crippen LogP contribution in [0.3, 0.4) is 0 Å². The molecule has 4 aromatic rings. The molecule has 2 amide bonds. The summed E-state index contributed by atoms with van der Waals surface area (Å²) in [4.78, 5) is 30.8. The van der Waals surface area contributed by atoms with Crippen molar-refractivity contribution in [2.45, 2.75) is 19.6 Å². The van der Waals surface area contributed by atoms with Crippen LogP contribution >= 0.6 is 22.7 Å². The molecule has 0 bridgehead atoms. The third-order valence-corrected chi connectivity index (χ3v) is 6.36. The highest BCUT2D eigenvalue weighted by molar-refractivity contribution is 7.17. The number of nitrogens with one attached hydrogen (secondary N) is 2. The minimum absolute atomic E-state index is 0.0655. The molecule has 8 heteroatoms. The fourth-order valence-electron chi connectivity index (χ4n) is 2.97. The summed E-state index contributed by atoms with van der Waals surface area (Å²) < 4.78 is 6.01. The van der Waals surface area contributed by atoms with Crippen LogP contribution in [0.4, 0.5) is 5.13 Å². The lowest BCUT2D eigenvalue weighted by molar-refractivity contribution is -0.123. The summed E-state index contributed by atoms with van der Waals surface area (Å²) >= 11 is 2.91. The lowest BCUT2D eigenvalue weighted by atomic mass is 10.1. The van der Waals surface area contributed by atoms with Gasteiger partial charge in [0.2, 0.25) is 12.0 Å². The molecule has 162 valence electrons. The summed E-state index contributed by atoms with van der Waals surface area (Å²) in [6.07, 6.45) is -0.808. The van der Waals surface area contributed by atoms with E-state index >= 15 is 0 Å². The van der Waals surface area contributed by atoms with Gasteiger partial charge in [0.1, 0.15) is 5.75 Å². The van der Waals surface area contributed by atoms with Crippen molar-refractivity contribution < 1.29 is 14.3 Å². The molecular weight excluding hydrogens is 442 g/mol. The van der Waals surface area contributed by atoms with Crippen LogP contribution in [0.5, 0.6) is 5.75 Å². The summed E-state index contributed by atoms with van der Waals surface area (Å²) in [7, 11) is 0. The number of hydrogen-bond donors (Lipinski definition) is 2. The van der Waals surface area contributed by atoms with E-state index in [-0.39, 0.29) is 11.8 Å². The molecule has 0 aliphatic rings. The van der Waals surface area contributed by atoms with Crippen molar-refractivity contribution in [1.82, 2.24) is 10.3 Å². The van der Waals surface area contributed by atoms with Crippen LogP contribution in [-0.2, 0) is 16.1 Å². The van der Waals surface area contributed by atoms with Gasteiger partial charge in [-0.05, 0) is 24.3 Å². The number of nitrogens with zero attached hydrogens (tertiary/aromatic N) is 1. The Morgan fingerprint density at radius 1 is 1.00 bits per heavy atom. The smallest absolute Gasteiger partial charge is 0.271 e. The van der Waals surface area contributed by atoms with Crippen molar-refractivity contribution in [2.75, 3.05) is 5.32 Å². The van der Waals surface area contributed by atoms with Crippen LogP contribution in [0.15, 0.2) is 78.2 Å². The highest BCUT2D eigenvalue weighted by Gasteiger charge is 2.24. The highest BCUT2D eigenvalue weighted by atomic mass is 32.1. The molecule has 0 fully saturated rings. The molecule has 32 heavy (non-hydrogen) atoms. The van der Waals surface area contributed by atoms with Gasteiger partial charge >= 0.3 is 0 Å². The van der Waals surface area contributed by atoms with Crippen molar-refractivity contribution in [2.24, 2.45) is 0 Å². The first-order valence-corrected chi connectivity index (χ1v) is 11.6. The van der Waals surface area contributed by atoms with Gasteiger partial charge in [-0.3, -0.25) is 14.9 Å². The van der Waals surface area contributed by atoms with E-state index in [0.717, 1.165) is 21.0 Å². The average Bonchev–Trinajstić information content (AvgIpc) is 3.47. The number of thiophene rings is 1. The number of benzene rings is 2. The summed E-state index contributed by atoms with van der Waals surface area (Å²) in [5.74, 6) is 0.254. The first kappa shape index (κ1) is 21.7. The van der Waals surface area contributed by atoms with Crippen LogP contribution in [0.1, 0.15) is 23.5 Å². The van der Waals surface area contributed by atoms with E-state index in [0.29, 0.717) is 17.4 Å².